The summed E-state index contributed by atoms with van der Waals surface area (Å²) in [5.41, 5.74) is -1.36. The van der Waals surface area contributed by atoms with Gasteiger partial charge >= 0.3 is 12.2 Å². The number of piperazine rings is 1. The Morgan fingerprint density at radius 2 is 1.75 bits per heavy atom. The van der Waals surface area contributed by atoms with E-state index in [4.69, 9.17) is 12.2 Å². The summed E-state index contributed by atoms with van der Waals surface area (Å²) in [5, 5.41) is 20.1. The number of imide groups is 1. The lowest BCUT2D eigenvalue weighted by Crippen LogP contribution is -2.58. The van der Waals surface area contributed by atoms with E-state index in [2.05, 4.69) is 39.4 Å². The van der Waals surface area contributed by atoms with Crippen LogP contribution in [-0.4, -0.2) is 110 Å². The standard InChI is InChI=1S/C42H51F3N10O4S.ClH/c1-25-22-51(23-26(2)53(25)24-35(57)47-33-10-6-9-31-36(33)50(5)49-37(31)52-19-17-34(56)48-39(52)59)18-7-8-27-11-14-29(15-12-27)55-40(60)54(38(58)41(55,3)4)30-16-13-28(21-46)32(20-30)42(43,44)45;/h6,9-10,13,16,20,25-27,29H,7-8,11-12,14-15,17-19,22-24H2,1-5H3,(H,47,57)(H,48,56,59);1H/t25-,26+,27-,29-;. The first-order chi connectivity index (χ1) is 28.4. The summed E-state index contributed by atoms with van der Waals surface area (Å²) in [7, 11) is 1.76. The second-order valence-electron chi connectivity index (χ2n) is 17.1. The molecule has 3 aromatic rings. The van der Waals surface area contributed by atoms with Crippen molar-refractivity contribution in [2.24, 2.45) is 13.0 Å². The maximum Gasteiger partial charge on any atom is 0.417 e. The number of aromatic nitrogens is 2. The Labute approximate surface area is 364 Å². The topological polar surface area (TPSA) is 150 Å². The van der Waals surface area contributed by atoms with Crippen molar-refractivity contribution in [2.45, 2.75) is 102 Å². The summed E-state index contributed by atoms with van der Waals surface area (Å²) in [6.07, 6.45) is 1.07. The van der Waals surface area contributed by atoms with Crippen molar-refractivity contribution in [1.29, 1.82) is 5.26 Å². The monoisotopic (exact) mass is 884 g/mol. The fourth-order valence-corrected chi connectivity index (χ4v) is 10.2. The molecule has 1 aliphatic carbocycles. The molecule has 19 heteroatoms. The molecule has 0 radical (unpaired) electrons. The predicted molar refractivity (Wildman–Crippen MR) is 231 cm³/mol. The minimum absolute atomic E-state index is 0. The molecule has 4 heterocycles. The number of alkyl halides is 3. The van der Waals surface area contributed by atoms with E-state index in [1.54, 1.807) is 31.6 Å². The van der Waals surface area contributed by atoms with Gasteiger partial charge in [-0.1, -0.05) is 6.07 Å². The third kappa shape index (κ3) is 9.06. The van der Waals surface area contributed by atoms with Gasteiger partial charge in [-0.3, -0.25) is 39.1 Å². The summed E-state index contributed by atoms with van der Waals surface area (Å²) < 4.78 is 42.9. The van der Waals surface area contributed by atoms with E-state index >= 15 is 0 Å². The van der Waals surface area contributed by atoms with E-state index in [1.807, 2.05) is 23.1 Å². The molecule has 7 rings (SSSR count). The lowest BCUT2D eigenvalue weighted by Gasteiger charge is -2.44. The number of nitrogens with zero attached hydrogens (tertiary/aromatic N) is 8. The summed E-state index contributed by atoms with van der Waals surface area (Å²) in [6, 6.07) is 10.1. The van der Waals surface area contributed by atoms with Crippen molar-refractivity contribution in [3.63, 3.8) is 0 Å². The average molecular weight is 885 g/mol. The van der Waals surface area contributed by atoms with Crippen LogP contribution in [0.15, 0.2) is 36.4 Å². The number of urea groups is 1. The number of para-hydroxylation sites is 1. The second-order valence-corrected chi connectivity index (χ2v) is 17.5. The highest BCUT2D eigenvalue weighted by Crippen LogP contribution is 2.42. The molecule has 0 spiro atoms. The van der Waals surface area contributed by atoms with E-state index in [0.29, 0.717) is 28.3 Å². The molecular weight excluding hydrogens is 833 g/mol. The van der Waals surface area contributed by atoms with E-state index in [0.717, 1.165) is 70.3 Å². The van der Waals surface area contributed by atoms with Crippen LogP contribution >= 0.6 is 24.6 Å². The van der Waals surface area contributed by atoms with Gasteiger partial charge in [0.15, 0.2) is 10.9 Å². The van der Waals surface area contributed by atoms with Gasteiger partial charge < -0.3 is 15.1 Å². The maximum absolute atomic E-state index is 13.8. The van der Waals surface area contributed by atoms with Crippen LogP contribution in [0.3, 0.4) is 0 Å². The van der Waals surface area contributed by atoms with Gasteiger partial charge in [0.25, 0.3) is 5.91 Å². The molecule has 3 saturated heterocycles. The maximum atomic E-state index is 13.8. The zero-order valence-corrected chi connectivity index (χ0v) is 36.6. The second kappa shape index (κ2) is 17.9. The molecule has 4 aliphatic rings. The molecule has 328 valence electrons. The Hall–Kier alpha value is -4.83. The number of thiocarbonyl (C=S) groups is 1. The number of hydrogen-bond donors (Lipinski definition) is 2. The quantitative estimate of drug-likeness (QED) is 0.219. The molecule has 2 aromatic carbocycles. The van der Waals surface area contributed by atoms with Crippen LogP contribution in [0.4, 0.5) is 35.2 Å². The predicted octanol–water partition coefficient (Wildman–Crippen LogP) is 6.42. The number of fused-ring (bicyclic) bond motifs is 1. The zero-order valence-electron chi connectivity index (χ0n) is 34.9. The van der Waals surface area contributed by atoms with Crippen LogP contribution in [0.25, 0.3) is 10.9 Å². The van der Waals surface area contributed by atoms with E-state index in [-0.39, 0.29) is 78.6 Å². The van der Waals surface area contributed by atoms with Gasteiger partial charge in [-0.2, -0.15) is 23.5 Å². The summed E-state index contributed by atoms with van der Waals surface area (Å²) in [6.45, 7) is 10.9. The Morgan fingerprint density at radius 1 is 1.07 bits per heavy atom. The summed E-state index contributed by atoms with van der Waals surface area (Å²) >= 11 is 5.78. The summed E-state index contributed by atoms with van der Waals surface area (Å²) in [5.74, 6) is 0.0861. The Morgan fingerprint density at radius 3 is 2.39 bits per heavy atom. The van der Waals surface area contributed by atoms with Gasteiger partial charge in [-0.05, 0) is 121 Å². The van der Waals surface area contributed by atoms with E-state index in [1.165, 1.54) is 15.9 Å². The number of carbonyl (C=O) groups is 4. The number of rotatable bonds is 10. The van der Waals surface area contributed by atoms with Crippen LogP contribution in [0.5, 0.6) is 0 Å². The van der Waals surface area contributed by atoms with E-state index in [9.17, 15) is 37.6 Å². The van der Waals surface area contributed by atoms with Gasteiger partial charge in [-0.25, -0.2) is 4.79 Å². The number of amides is 5. The van der Waals surface area contributed by atoms with Crippen molar-refractivity contribution in [3.8, 4) is 6.07 Å². The van der Waals surface area contributed by atoms with Crippen LogP contribution in [-0.2, 0) is 27.6 Å². The van der Waals surface area contributed by atoms with E-state index < -0.39 is 28.9 Å². The molecule has 1 aromatic heterocycles. The van der Waals surface area contributed by atoms with Crippen LogP contribution in [0.2, 0.25) is 0 Å². The lowest BCUT2D eigenvalue weighted by atomic mass is 9.82. The third-order valence-corrected chi connectivity index (χ3v) is 13.0. The first-order valence-corrected chi connectivity index (χ1v) is 20.9. The number of nitrogens with one attached hydrogen (secondary N) is 2. The molecule has 1 saturated carbocycles. The smallest absolute Gasteiger partial charge is 0.331 e. The fourth-order valence-electron chi connectivity index (χ4n) is 9.65. The number of halogens is 4. The van der Waals surface area contributed by atoms with Gasteiger partial charge in [0.05, 0.1) is 40.6 Å². The highest BCUT2D eigenvalue weighted by atomic mass is 35.5. The van der Waals surface area contributed by atoms with Crippen LogP contribution in [0, 0.1) is 17.2 Å². The van der Waals surface area contributed by atoms with Crippen molar-refractivity contribution in [1.82, 2.24) is 29.8 Å². The molecule has 2 N–H and O–H groups in total. The van der Waals surface area contributed by atoms with Crippen molar-refractivity contribution >= 4 is 81.6 Å². The molecular formula is C42H52ClF3N10O4S. The molecule has 2 atom stereocenters. The SMILES string of the molecule is C[C@@H]1CN(CCC[C@H]2CC[C@H](N3C(=S)N(c4ccc(C#N)c(C(F)(F)F)c4)C(=O)C3(C)C)CC2)C[C@H](C)N1CC(=O)Nc1cccc2c(N3CCC(=O)NC3=O)nn(C)c12.Cl. The van der Waals surface area contributed by atoms with Crippen LogP contribution < -0.4 is 20.4 Å². The summed E-state index contributed by atoms with van der Waals surface area (Å²) in [4.78, 5) is 60.7. The molecule has 0 unspecified atom stereocenters. The minimum atomic E-state index is -4.75. The Kier molecular flexibility index (Phi) is 13.4. The number of aryl methyl sites for hydroxylation is 1. The van der Waals surface area contributed by atoms with Crippen molar-refractivity contribution in [2.75, 3.05) is 47.8 Å². The first-order valence-electron chi connectivity index (χ1n) is 20.5. The molecule has 4 fully saturated rings. The number of nitriles is 1. The fraction of sp³-hybridized carbons (Fsp3) is 0.548. The van der Waals surface area contributed by atoms with Gasteiger partial charge in [-0.15, -0.1) is 12.4 Å². The molecule has 14 nitrogen and oxygen atoms in total. The van der Waals surface area contributed by atoms with Gasteiger partial charge in [0, 0.05) is 56.6 Å². The lowest BCUT2D eigenvalue weighted by molar-refractivity contribution is -0.137. The largest absolute Gasteiger partial charge is 0.417 e. The first kappa shape index (κ1) is 45.7. The number of benzene rings is 2. The minimum Gasteiger partial charge on any atom is -0.331 e. The Bertz CT molecular complexity index is 2240. The Balaban J connectivity index is 0.00000622. The average Bonchev–Trinajstić information content (AvgIpc) is 3.61. The highest BCUT2D eigenvalue weighted by Gasteiger charge is 2.52. The van der Waals surface area contributed by atoms with Crippen molar-refractivity contribution in [3.05, 3.63) is 47.5 Å². The molecule has 5 amide bonds. The third-order valence-electron chi connectivity index (χ3n) is 12.6. The van der Waals surface area contributed by atoms with Gasteiger partial charge in [0.2, 0.25) is 11.8 Å². The number of hydrogen-bond acceptors (Lipinski definition) is 9. The normalized spacial score (nSPS) is 23.9. The number of carbonyl (C=O) groups excluding carboxylic acids is 4. The van der Waals surface area contributed by atoms with Gasteiger partial charge in [0.1, 0.15) is 5.54 Å². The molecule has 0 bridgehead atoms. The van der Waals surface area contributed by atoms with Crippen molar-refractivity contribution < 1.29 is 32.3 Å². The molecule has 61 heavy (non-hydrogen) atoms. The molecule has 3 aliphatic heterocycles. The highest BCUT2D eigenvalue weighted by molar-refractivity contribution is 7.80. The number of anilines is 3. The van der Waals surface area contributed by atoms with Crippen LogP contribution in [0.1, 0.15) is 83.8 Å². The zero-order chi connectivity index (χ0) is 43.3.